The van der Waals surface area contributed by atoms with Crippen LogP contribution in [0.1, 0.15) is 5.56 Å². The number of hydrogen-bond acceptors (Lipinski definition) is 9. The summed E-state index contributed by atoms with van der Waals surface area (Å²) in [5.41, 5.74) is 5.23. The van der Waals surface area contributed by atoms with Crippen molar-refractivity contribution in [1.29, 1.82) is 0 Å². The van der Waals surface area contributed by atoms with Gasteiger partial charge in [-0.3, -0.25) is 10.00 Å². The van der Waals surface area contributed by atoms with Crippen molar-refractivity contribution in [2.45, 2.75) is 6.54 Å². The predicted octanol–water partition coefficient (Wildman–Crippen LogP) is 4.96. The summed E-state index contributed by atoms with van der Waals surface area (Å²) < 4.78 is 11.3. The third kappa shape index (κ3) is 5.19. The number of aromatic amines is 2. The van der Waals surface area contributed by atoms with Crippen LogP contribution >= 0.6 is 22.9 Å². The molecule has 0 aliphatic carbocycles. The number of imidazole rings is 1. The highest BCUT2D eigenvalue weighted by Crippen LogP contribution is 2.33. The first kappa shape index (κ1) is 24.2. The summed E-state index contributed by atoms with van der Waals surface area (Å²) in [6.45, 7) is 2.37. The minimum absolute atomic E-state index is 0.499. The van der Waals surface area contributed by atoms with E-state index in [1.165, 1.54) is 16.9 Å². The van der Waals surface area contributed by atoms with E-state index in [2.05, 4.69) is 54.5 Å². The number of H-pyrrole nitrogens is 2. The molecule has 0 atom stereocenters. The van der Waals surface area contributed by atoms with Gasteiger partial charge in [-0.15, -0.1) is 11.3 Å². The molecule has 0 radical (unpaired) electrons. The Kier molecular flexibility index (Phi) is 7.14. The number of aromatic nitrogens is 6. The summed E-state index contributed by atoms with van der Waals surface area (Å²) >= 11 is 7.52. The van der Waals surface area contributed by atoms with Gasteiger partial charge in [-0.2, -0.15) is 5.10 Å². The molecule has 0 aliphatic heterocycles. The minimum Gasteiger partial charge on any atom is -0.491 e. The Morgan fingerprint density at radius 2 is 2.06 bits per heavy atom. The van der Waals surface area contributed by atoms with Gasteiger partial charge in [0.2, 0.25) is 0 Å². The molecule has 4 heterocycles. The maximum absolute atomic E-state index is 6.09. The molecule has 0 saturated heterocycles. The van der Waals surface area contributed by atoms with Crippen LogP contribution in [-0.2, 0) is 11.3 Å². The van der Waals surface area contributed by atoms with E-state index in [0.717, 1.165) is 29.7 Å². The van der Waals surface area contributed by atoms with Crippen molar-refractivity contribution >= 4 is 45.5 Å². The number of nitrogens with one attached hydrogen (secondary N) is 3. The van der Waals surface area contributed by atoms with Crippen molar-refractivity contribution in [3.05, 3.63) is 51.9 Å². The zero-order valence-electron chi connectivity index (χ0n) is 20.0. The van der Waals surface area contributed by atoms with E-state index in [0.29, 0.717) is 45.5 Å². The van der Waals surface area contributed by atoms with Crippen LogP contribution in [0.25, 0.3) is 33.9 Å². The molecule has 12 heteroatoms. The zero-order valence-corrected chi connectivity index (χ0v) is 21.6. The number of thiophene rings is 1. The third-order valence-corrected chi connectivity index (χ3v) is 6.70. The second-order valence-electron chi connectivity index (χ2n) is 8.20. The number of rotatable bonds is 10. The molecule has 5 rings (SSSR count). The van der Waals surface area contributed by atoms with Crippen LogP contribution in [-0.4, -0.2) is 69.5 Å². The molecule has 0 aliphatic rings. The standard InChI is InChI=1S/C24H25ClN8O2S/c1-33(6-7-34-2)12-14-4-5-16-17(8-14)29-24(28-16)21-18(10-27-32-21)30-23-19(35-3)11-26-22(31-23)15-9-20(25)36-13-15/h4-5,8-11,13H,6-7,12H2,1-3H3,(H,27,32)(H,28,29)(H,26,30,31). The van der Waals surface area contributed by atoms with Gasteiger partial charge in [-0.1, -0.05) is 17.7 Å². The molecule has 0 unspecified atom stereocenters. The van der Waals surface area contributed by atoms with E-state index < -0.39 is 0 Å². The van der Waals surface area contributed by atoms with Crippen LogP contribution in [0.2, 0.25) is 4.34 Å². The molecule has 4 aromatic heterocycles. The molecular weight excluding hydrogens is 500 g/mol. The summed E-state index contributed by atoms with van der Waals surface area (Å²) in [7, 11) is 5.36. The Bertz CT molecular complexity index is 1480. The van der Waals surface area contributed by atoms with Crippen molar-refractivity contribution in [3.63, 3.8) is 0 Å². The number of halogens is 1. The molecule has 1 aromatic carbocycles. The van der Waals surface area contributed by atoms with Gasteiger partial charge in [-0.05, 0) is 30.8 Å². The first-order chi connectivity index (χ1) is 17.5. The van der Waals surface area contributed by atoms with Gasteiger partial charge < -0.3 is 19.8 Å². The zero-order chi connectivity index (χ0) is 25.1. The summed E-state index contributed by atoms with van der Waals surface area (Å²) in [5, 5.41) is 12.5. The molecule has 0 saturated carbocycles. The lowest BCUT2D eigenvalue weighted by molar-refractivity contribution is 0.158. The molecule has 0 amide bonds. The Morgan fingerprint density at radius 1 is 1.17 bits per heavy atom. The topological polar surface area (TPSA) is 117 Å². The number of nitrogens with zero attached hydrogens (tertiary/aromatic N) is 5. The molecule has 36 heavy (non-hydrogen) atoms. The van der Waals surface area contributed by atoms with Crippen LogP contribution in [0.4, 0.5) is 11.5 Å². The van der Waals surface area contributed by atoms with Gasteiger partial charge in [0, 0.05) is 31.1 Å². The number of benzene rings is 1. The summed E-state index contributed by atoms with van der Waals surface area (Å²) in [6.07, 6.45) is 3.31. The van der Waals surface area contributed by atoms with Gasteiger partial charge in [-0.25, -0.2) is 15.0 Å². The molecule has 0 spiro atoms. The Hall–Kier alpha value is -3.51. The highest BCUT2D eigenvalue weighted by Gasteiger charge is 2.17. The minimum atomic E-state index is 0.499. The number of likely N-dealkylation sites (N-methyl/N-ethyl adjacent to an activating group) is 1. The molecule has 186 valence electrons. The third-order valence-electron chi connectivity index (χ3n) is 5.61. The van der Waals surface area contributed by atoms with Crippen LogP contribution in [0, 0.1) is 0 Å². The average molecular weight is 525 g/mol. The maximum atomic E-state index is 6.09. The molecule has 0 fully saturated rings. The lowest BCUT2D eigenvalue weighted by Crippen LogP contribution is -2.22. The number of anilines is 2. The Labute approximate surface area is 216 Å². The predicted molar refractivity (Wildman–Crippen MR) is 142 cm³/mol. The number of methoxy groups -OCH3 is 2. The van der Waals surface area contributed by atoms with Crippen LogP contribution < -0.4 is 10.1 Å². The lowest BCUT2D eigenvalue weighted by atomic mass is 10.2. The van der Waals surface area contributed by atoms with Crippen LogP contribution in [0.3, 0.4) is 0 Å². The Morgan fingerprint density at radius 3 is 2.83 bits per heavy atom. The number of hydrogen-bond donors (Lipinski definition) is 3. The molecule has 0 bridgehead atoms. The van der Waals surface area contributed by atoms with E-state index in [4.69, 9.17) is 26.1 Å². The Balaban J connectivity index is 1.41. The van der Waals surface area contributed by atoms with Crippen molar-refractivity contribution in [1.82, 2.24) is 35.0 Å². The number of fused-ring (bicyclic) bond motifs is 1. The largest absolute Gasteiger partial charge is 0.491 e. The van der Waals surface area contributed by atoms with Gasteiger partial charge in [0.05, 0.1) is 47.2 Å². The van der Waals surface area contributed by atoms with Gasteiger partial charge in [0.15, 0.2) is 23.2 Å². The van der Waals surface area contributed by atoms with E-state index in [9.17, 15) is 0 Å². The SMILES string of the molecule is COCCN(C)Cc1ccc2nc(-c3[nH]ncc3Nc3nc(-c4csc(Cl)c4)ncc3OC)[nH]c2c1. The second kappa shape index (κ2) is 10.6. The number of ether oxygens (including phenoxy) is 2. The quantitative estimate of drug-likeness (QED) is 0.235. The highest BCUT2D eigenvalue weighted by molar-refractivity contribution is 7.14. The van der Waals surface area contributed by atoms with E-state index in [1.54, 1.807) is 26.6 Å². The van der Waals surface area contributed by atoms with E-state index in [-0.39, 0.29) is 0 Å². The van der Waals surface area contributed by atoms with E-state index >= 15 is 0 Å². The first-order valence-electron chi connectivity index (χ1n) is 11.2. The van der Waals surface area contributed by atoms with Crippen LogP contribution in [0.15, 0.2) is 42.0 Å². The normalized spacial score (nSPS) is 11.5. The van der Waals surface area contributed by atoms with Crippen molar-refractivity contribution in [2.75, 3.05) is 39.7 Å². The van der Waals surface area contributed by atoms with Crippen molar-refractivity contribution in [3.8, 4) is 28.7 Å². The summed E-state index contributed by atoms with van der Waals surface area (Å²) in [4.78, 5) is 19.4. The van der Waals surface area contributed by atoms with Crippen molar-refractivity contribution in [2.24, 2.45) is 0 Å². The lowest BCUT2D eigenvalue weighted by Gasteiger charge is -2.15. The monoisotopic (exact) mass is 524 g/mol. The van der Waals surface area contributed by atoms with Gasteiger partial charge in [0.1, 0.15) is 5.69 Å². The highest BCUT2D eigenvalue weighted by atomic mass is 35.5. The second-order valence-corrected chi connectivity index (χ2v) is 9.74. The van der Waals surface area contributed by atoms with Gasteiger partial charge >= 0.3 is 0 Å². The summed E-state index contributed by atoms with van der Waals surface area (Å²) in [6, 6.07) is 8.06. The van der Waals surface area contributed by atoms with E-state index in [1.807, 2.05) is 17.5 Å². The van der Waals surface area contributed by atoms with Crippen molar-refractivity contribution < 1.29 is 9.47 Å². The fourth-order valence-electron chi connectivity index (χ4n) is 3.78. The maximum Gasteiger partial charge on any atom is 0.179 e. The molecule has 5 aromatic rings. The average Bonchev–Trinajstić information content (AvgIpc) is 3.62. The fraction of sp³-hybridized carbons (Fsp3) is 0.250. The van der Waals surface area contributed by atoms with Gasteiger partial charge in [0.25, 0.3) is 0 Å². The summed E-state index contributed by atoms with van der Waals surface area (Å²) in [5.74, 6) is 2.20. The molecule has 10 nitrogen and oxygen atoms in total. The fourth-order valence-corrected chi connectivity index (χ4v) is 4.64. The van der Waals surface area contributed by atoms with Crippen LogP contribution in [0.5, 0.6) is 5.75 Å². The molecular formula is C24H25ClN8O2S. The molecule has 3 N–H and O–H groups in total. The first-order valence-corrected chi connectivity index (χ1v) is 12.4. The smallest absolute Gasteiger partial charge is 0.179 e.